The molecule has 0 heterocycles. The summed E-state index contributed by atoms with van der Waals surface area (Å²) >= 11 is -2.27. The van der Waals surface area contributed by atoms with Crippen LogP contribution in [0.15, 0.2) is 0 Å². The van der Waals surface area contributed by atoms with Gasteiger partial charge in [-0.05, 0) is 19.3 Å². The zero-order valence-corrected chi connectivity index (χ0v) is 13.7. The first-order valence-electron chi connectivity index (χ1n) is 7.37. The van der Waals surface area contributed by atoms with Gasteiger partial charge in [-0.15, -0.1) is 0 Å². The van der Waals surface area contributed by atoms with E-state index in [0.717, 1.165) is 25.7 Å². The Labute approximate surface area is 133 Å². The van der Waals surface area contributed by atoms with Crippen LogP contribution in [-0.4, -0.2) is 32.2 Å². The van der Waals surface area contributed by atoms with Gasteiger partial charge in [-0.3, -0.25) is 9.59 Å². The van der Waals surface area contributed by atoms with Crippen molar-refractivity contribution in [1.82, 2.24) is 0 Å². The Morgan fingerprint density at radius 2 is 1.82 bits per heavy atom. The van der Waals surface area contributed by atoms with Crippen LogP contribution in [0, 0.1) is 0 Å². The molecule has 22 heavy (non-hydrogen) atoms. The molecule has 0 radical (unpaired) electrons. The maximum Gasteiger partial charge on any atom is 0.324 e. The van der Waals surface area contributed by atoms with Gasteiger partial charge in [0.1, 0.15) is 6.04 Å². The third-order valence-electron chi connectivity index (χ3n) is 3.11. The summed E-state index contributed by atoms with van der Waals surface area (Å²) in [5.74, 6) is 3.16. The number of ether oxygens (including phenoxy) is 1. The maximum absolute atomic E-state index is 11.7. The Morgan fingerprint density at radius 1 is 1.18 bits per heavy atom. The molecule has 5 N–H and O–H groups in total. The average Bonchev–Trinajstić information content (AvgIpc) is 2.50. The molecule has 0 aromatic rings. The molecule has 8 nitrogen and oxygen atoms in total. The predicted molar refractivity (Wildman–Crippen MR) is 81.5 cm³/mol. The van der Waals surface area contributed by atoms with Crippen molar-refractivity contribution in [3.8, 4) is 0 Å². The molecule has 0 spiro atoms. The molecule has 0 aliphatic carbocycles. The van der Waals surface area contributed by atoms with Crippen LogP contribution < -0.4 is 11.6 Å². The van der Waals surface area contributed by atoms with Crippen molar-refractivity contribution in [3.63, 3.8) is 0 Å². The number of unbranched alkanes of at least 4 members (excludes halogenated alkanes) is 4. The Morgan fingerprint density at radius 3 is 2.36 bits per heavy atom. The normalized spacial score (nSPS) is 14.9. The molecule has 0 rings (SSSR count). The van der Waals surface area contributed by atoms with E-state index in [1.54, 1.807) is 0 Å². The van der Waals surface area contributed by atoms with Gasteiger partial charge < -0.3 is 19.9 Å². The minimum atomic E-state index is -2.27. The van der Waals surface area contributed by atoms with E-state index < -0.39 is 34.5 Å². The lowest BCUT2D eigenvalue weighted by atomic mass is 10.1. The lowest BCUT2D eigenvalue weighted by molar-refractivity contribution is -0.148. The summed E-state index contributed by atoms with van der Waals surface area (Å²) in [4.78, 5) is 26.5. The Bertz CT molecular complexity index is 366. The summed E-state index contributed by atoms with van der Waals surface area (Å²) in [5.41, 5.74) is 4.46. The van der Waals surface area contributed by atoms with Crippen molar-refractivity contribution in [1.29, 1.82) is 0 Å². The van der Waals surface area contributed by atoms with E-state index in [2.05, 4.69) is 17.7 Å². The predicted octanol–water partition coefficient (Wildman–Crippen LogP) is 0.962. The van der Waals surface area contributed by atoms with Crippen LogP contribution in [0.1, 0.15) is 58.3 Å². The molecule has 0 saturated carbocycles. The monoisotopic (exact) mass is 338 g/mol. The van der Waals surface area contributed by atoms with E-state index in [4.69, 9.17) is 15.0 Å². The first-order chi connectivity index (χ1) is 10.4. The van der Waals surface area contributed by atoms with Gasteiger partial charge >= 0.3 is 11.9 Å². The summed E-state index contributed by atoms with van der Waals surface area (Å²) < 4.78 is 25.3. The SMILES string of the molecule is CCCCCCCC(OC(=O)[C@@H](N)CCC(=O)ON)S(=O)O. The van der Waals surface area contributed by atoms with Gasteiger partial charge in [0.05, 0.1) is 0 Å². The van der Waals surface area contributed by atoms with Gasteiger partial charge in [-0.25, -0.2) is 4.21 Å². The van der Waals surface area contributed by atoms with Crippen molar-refractivity contribution < 1.29 is 27.9 Å². The smallest absolute Gasteiger partial charge is 0.324 e. The van der Waals surface area contributed by atoms with Crippen LogP contribution in [0.25, 0.3) is 0 Å². The van der Waals surface area contributed by atoms with E-state index in [9.17, 15) is 13.8 Å². The largest absolute Gasteiger partial charge is 0.445 e. The van der Waals surface area contributed by atoms with Crippen LogP contribution in [0.5, 0.6) is 0 Å². The Hall–Kier alpha value is -1.03. The molecule has 0 bridgehead atoms. The number of carbonyl (C=O) groups is 2. The fourth-order valence-electron chi connectivity index (χ4n) is 1.78. The van der Waals surface area contributed by atoms with Crippen LogP contribution in [0.3, 0.4) is 0 Å². The van der Waals surface area contributed by atoms with Gasteiger partial charge in [0.25, 0.3) is 0 Å². The Kier molecular flexibility index (Phi) is 11.9. The Balaban J connectivity index is 4.16. The van der Waals surface area contributed by atoms with Gasteiger partial charge in [0, 0.05) is 6.42 Å². The van der Waals surface area contributed by atoms with Crippen molar-refractivity contribution in [2.75, 3.05) is 0 Å². The number of carbonyl (C=O) groups excluding carboxylic acids is 2. The minimum Gasteiger partial charge on any atom is -0.445 e. The second-order valence-electron chi connectivity index (χ2n) is 4.98. The number of hydrogen-bond donors (Lipinski definition) is 3. The van der Waals surface area contributed by atoms with Crippen LogP contribution in [-0.2, 0) is 30.2 Å². The van der Waals surface area contributed by atoms with E-state index >= 15 is 0 Å². The van der Waals surface area contributed by atoms with Gasteiger partial charge in [0.15, 0.2) is 11.1 Å². The highest BCUT2D eigenvalue weighted by Crippen LogP contribution is 2.13. The second kappa shape index (κ2) is 12.5. The minimum absolute atomic E-state index is 0.00382. The van der Waals surface area contributed by atoms with Crippen molar-refractivity contribution in [2.24, 2.45) is 11.6 Å². The molecule has 0 fully saturated rings. The zero-order chi connectivity index (χ0) is 17.0. The topological polar surface area (TPSA) is 142 Å². The van der Waals surface area contributed by atoms with Crippen molar-refractivity contribution in [3.05, 3.63) is 0 Å². The van der Waals surface area contributed by atoms with Gasteiger partial charge in [-0.1, -0.05) is 32.6 Å². The number of esters is 1. The van der Waals surface area contributed by atoms with Crippen molar-refractivity contribution >= 4 is 23.0 Å². The summed E-state index contributed by atoms with van der Waals surface area (Å²) in [6.45, 7) is 2.09. The average molecular weight is 338 g/mol. The lowest BCUT2D eigenvalue weighted by Gasteiger charge is -2.17. The number of hydrogen-bond acceptors (Lipinski definition) is 7. The maximum atomic E-state index is 11.7. The summed E-state index contributed by atoms with van der Waals surface area (Å²) in [5, 5.41) is 0. The highest BCUT2D eigenvalue weighted by Gasteiger charge is 2.24. The fourth-order valence-corrected chi connectivity index (χ4v) is 2.33. The van der Waals surface area contributed by atoms with E-state index in [0.29, 0.717) is 12.8 Å². The van der Waals surface area contributed by atoms with Gasteiger partial charge in [0.2, 0.25) is 5.44 Å². The molecule has 0 aliphatic rings. The molecule has 0 aromatic heterocycles. The molecule has 0 aromatic carbocycles. The molecule has 0 saturated heterocycles. The number of rotatable bonds is 12. The summed E-state index contributed by atoms with van der Waals surface area (Å²) in [6, 6.07) is -1.06. The second-order valence-corrected chi connectivity index (χ2v) is 6.06. The van der Waals surface area contributed by atoms with Crippen molar-refractivity contribution in [2.45, 2.75) is 69.8 Å². The molecule has 9 heteroatoms. The van der Waals surface area contributed by atoms with Gasteiger partial charge in [-0.2, -0.15) is 5.90 Å². The summed E-state index contributed by atoms with van der Waals surface area (Å²) in [6.07, 6.45) is 5.02. The third kappa shape index (κ3) is 9.82. The molecule has 130 valence electrons. The molecule has 2 unspecified atom stereocenters. The lowest BCUT2D eigenvalue weighted by Crippen LogP contribution is -2.36. The number of nitrogens with two attached hydrogens (primary N) is 2. The molecule has 0 amide bonds. The quantitative estimate of drug-likeness (QED) is 0.207. The first kappa shape index (κ1) is 21.0. The van der Waals surface area contributed by atoms with Crippen LogP contribution in [0.4, 0.5) is 0 Å². The first-order valence-corrected chi connectivity index (χ1v) is 8.54. The molecule has 0 aliphatic heterocycles. The fraction of sp³-hybridized carbons (Fsp3) is 0.846. The van der Waals surface area contributed by atoms with E-state index in [1.807, 2.05) is 0 Å². The highest BCUT2D eigenvalue weighted by molar-refractivity contribution is 7.79. The standard InChI is InChI=1S/C13H26N2O6S/c1-2-3-4-5-6-7-12(22(18)19)20-13(17)10(14)8-9-11(16)21-15/h10,12H,2-9,14-15H2,1H3,(H,18,19)/t10-,12?/m0/s1. The van der Waals surface area contributed by atoms with Crippen LogP contribution >= 0.6 is 0 Å². The van der Waals surface area contributed by atoms with E-state index in [-0.39, 0.29) is 12.8 Å². The highest BCUT2D eigenvalue weighted by atomic mass is 32.2. The van der Waals surface area contributed by atoms with E-state index in [1.165, 1.54) is 0 Å². The third-order valence-corrected chi connectivity index (χ3v) is 3.89. The summed E-state index contributed by atoms with van der Waals surface area (Å²) in [7, 11) is 0. The molecule has 3 atom stereocenters. The molecular formula is C13H26N2O6S. The zero-order valence-electron chi connectivity index (χ0n) is 12.9. The molecular weight excluding hydrogens is 312 g/mol. The van der Waals surface area contributed by atoms with Crippen LogP contribution in [0.2, 0.25) is 0 Å².